The van der Waals surface area contributed by atoms with E-state index < -0.39 is 23.3 Å². The first-order valence-corrected chi connectivity index (χ1v) is 12.6. The van der Waals surface area contributed by atoms with Gasteiger partial charge in [0.05, 0.1) is 16.9 Å². The molecule has 0 bridgehead atoms. The van der Waals surface area contributed by atoms with Gasteiger partial charge in [0.15, 0.2) is 0 Å². The van der Waals surface area contributed by atoms with Crippen LogP contribution in [-0.4, -0.2) is 38.1 Å². The lowest BCUT2D eigenvalue weighted by Crippen LogP contribution is -2.41. The van der Waals surface area contributed by atoms with E-state index in [0.29, 0.717) is 17.0 Å². The standard InChI is InChI=1S/C29H32N4O6/c1-16(2)29(23(15-30)26(31)39-27-25(29)18(4)32-33-27)21-12-17(3)11-19(13-21)7-5-6-8-22(34)14-20(28(37)38)9-10-24(35)36/h11-13,16,20H,6,8-10,14,31H2,1-4H3,(H,32,33)(H,35,36)(H,37,38)/t20-,29?/m0/s1. The summed E-state index contributed by atoms with van der Waals surface area (Å²) in [6.45, 7) is 7.81. The number of carboxylic acids is 2. The van der Waals surface area contributed by atoms with Crippen molar-refractivity contribution in [1.29, 1.82) is 5.26 Å². The smallest absolute Gasteiger partial charge is 0.306 e. The third-order valence-electron chi connectivity index (χ3n) is 6.96. The van der Waals surface area contributed by atoms with E-state index in [9.17, 15) is 24.8 Å². The molecule has 2 heterocycles. The average Bonchev–Trinajstić information content (AvgIpc) is 3.22. The van der Waals surface area contributed by atoms with E-state index in [1.54, 1.807) is 0 Å². The van der Waals surface area contributed by atoms with Crippen molar-refractivity contribution in [3.63, 3.8) is 0 Å². The molecule has 1 aromatic heterocycles. The zero-order chi connectivity index (χ0) is 28.9. The second-order valence-corrected chi connectivity index (χ2v) is 10.0. The lowest BCUT2D eigenvalue weighted by Gasteiger charge is -2.41. The van der Waals surface area contributed by atoms with Gasteiger partial charge in [-0.3, -0.25) is 19.5 Å². The van der Waals surface area contributed by atoms with Gasteiger partial charge >= 0.3 is 11.9 Å². The molecule has 0 saturated carbocycles. The third kappa shape index (κ3) is 5.96. The molecular formula is C29H32N4O6. The maximum Gasteiger partial charge on any atom is 0.306 e. The molecule has 204 valence electrons. The van der Waals surface area contributed by atoms with Crippen molar-refractivity contribution in [3.8, 4) is 23.8 Å². The SMILES string of the molecule is Cc1cc(C#CCCC(=O)C[C@H](CCC(=O)O)C(=O)O)cc(C2(C(C)C)C(C#N)=C(N)Oc3n[nH]c(C)c32)c1. The molecule has 39 heavy (non-hydrogen) atoms. The van der Waals surface area contributed by atoms with Crippen LogP contribution in [0.3, 0.4) is 0 Å². The minimum absolute atomic E-state index is 0.000808. The number of aryl methyl sites for hydroxylation is 2. The second kappa shape index (κ2) is 11.9. The molecular weight excluding hydrogens is 500 g/mol. The van der Waals surface area contributed by atoms with Gasteiger partial charge in [-0.25, -0.2) is 0 Å². The van der Waals surface area contributed by atoms with Gasteiger partial charge in [-0.1, -0.05) is 31.8 Å². The number of aromatic nitrogens is 2. The monoisotopic (exact) mass is 532 g/mol. The number of carbonyl (C=O) groups is 3. The third-order valence-corrected chi connectivity index (χ3v) is 6.96. The summed E-state index contributed by atoms with van der Waals surface area (Å²) in [6.07, 6.45) is -0.353. The van der Waals surface area contributed by atoms with Crippen molar-refractivity contribution in [2.24, 2.45) is 17.6 Å². The number of carboxylic acid groups (broad SMARTS) is 2. The summed E-state index contributed by atoms with van der Waals surface area (Å²) in [7, 11) is 0. The Kier molecular flexibility index (Phi) is 8.82. The zero-order valence-corrected chi connectivity index (χ0v) is 22.4. The number of nitriles is 1. The molecule has 0 aliphatic carbocycles. The van der Waals surface area contributed by atoms with Crippen LogP contribution in [0.1, 0.15) is 73.9 Å². The number of nitrogens with zero attached hydrogens (tertiary/aromatic N) is 2. The Morgan fingerprint density at radius 1 is 1.18 bits per heavy atom. The van der Waals surface area contributed by atoms with E-state index in [4.69, 9.17) is 15.6 Å². The number of H-pyrrole nitrogens is 1. The van der Waals surface area contributed by atoms with Crippen LogP contribution in [0.4, 0.5) is 0 Å². The quantitative estimate of drug-likeness (QED) is 0.332. The fraction of sp³-hybridized carbons (Fsp3) is 0.414. The summed E-state index contributed by atoms with van der Waals surface area (Å²) < 4.78 is 5.68. The van der Waals surface area contributed by atoms with Crippen LogP contribution < -0.4 is 10.5 Å². The van der Waals surface area contributed by atoms with Crippen LogP contribution >= 0.6 is 0 Å². The molecule has 10 nitrogen and oxygen atoms in total. The molecule has 1 aromatic carbocycles. The molecule has 0 amide bonds. The number of nitrogens with two attached hydrogens (primary N) is 1. The molecule has 1 aliphatic heterocycles. The van der Waals surface area contributed by atoms with Gasteiger partial charge in [-0.15, -0.1) is 5.10 Å². The van der Waals surface area contributed by atoms with Gasteiger partial charge in [-0.05, 0) is 49.4 Å². The van der Waals surface area contributed by atoms with E-state index in [1.165, 1.54) is 0 Å². The number of fused-ring (bicyclic) bond motifs is 1. The van der Waals surface area contributed by atoms with Crippen molar-refractivity contribution in [2.75, 3.05) is 0 Å². The Labute approximate surface area is 226 Å². The number of benzene rings is 1. The lowest BCUT2D eigenvalue weighted by atomic mass is 9.61. The fourth-order valence-electron chi connectivity index (χ4n) is 5.20. The number of ether oxygens (including phenoxy) is 1. The van der Waals surface area contributed by atoms with Crippen molar-refractivity contribution < 1.29 is 29.3 Å². The second-order valence-electron chi connectivity index (χ2n) is 10.0. The molecule has 2 atom stereocenters. The van der Waals surface area contributed by atoms with Crippen molar-refractivity contribution in [1.82, 2.24) is 10.2 Å². The minimum Gasteiger partial charge on any atom is -0.481 e. The number of rotatable bonds is 10. The first-order valence-electron chi connectivity index (χ1n) is 12.6. The van der Waals surface area contributed by atoms with E-state index in [-0.39, 0.29) is 49.7 Å². The minimum atomic E-state index is -1.18. The average molecular weight is 533 g/mol. The highest BCUT2D eigenvalue weighted by atomic mass is 16.5. The van der Waals surface area contributed by atoms with Gasteiger partial charge in [-0.2, -0.15) is 5.26 Å². The number of aliphatic carboxylic acids is 2. The molecule has 1 unspecified atom stereocenters. The number of allylic oxidation sites excluding steroid dienone is 1. The summed E-state index contributed by atoms with van der Waals surface area (Å²) in [5, 5.41) is 35.4. The number of nitrogens with one attached hydrogen (secondary N) is 1. The number of aromatic amines is 1. The predicted octanol–water partition coefficient (Wildman–Crippen LogP) is 3.71. The van der Waals surface area contributed by atoms with E-state index in [1.807, 2.05) is 45.9 Å². The largest absolute Gasteiger partial charge is 0.481 e. The van der Waals surface area contributed by atoms with Crippen molar-refractivity contribution in [2.45, 2.75) is 65.2 Å². The molecule has 0 spiro atoms. The molecule has 0 radical (unpaired) electrons. The van der Waals surface area contributed by atoms with Gasteiger partial charge in [0.25, 0.3) is 0 Å². The Morgan fingerprint density at radius 3 is 2.51 bits per heavy atom. The lowest BCUT2D eigenvalue weighted by molar-refractivity contribution is -0.145. The maximum atomic E-state index is 12.3. The topological polar surface area (TPSA) is 179 Å². The van der Waals surface area contributed by atoms with E-state index in [2.05, 4.69) is 28.1 Å². The summed E-state index contributed by atoms with van der Waals surface area (Å²) in [4.78, 5) is 34.4. The first-order chi connectivity index (χ1) is 18.4. The van der Waals surface area contributed by atoms with Crippen LogP contribution in [-0.2, 0) is 19.8 Å². The van der Waals surface area contributed by atoms with Crippen LogP contribution in [0.2, 0.25) is 0 Å². The highest BCUT2D eigenvalue weighted by Gasteiger charge is 2.50. The van der Waals surface area contributed by atoms with Gasteiger partial charge in [0, 0.05) is 36.9 Å². The Morgan fingerprint density at radius 2 is 1.90 bits per heavy atom. The summed E-state index contributed by atoms with van der Waals surface area (Å²) in [5.41, 5.74) is 9.50. The van der Waals surface area contributed by atoms with Crippen molar-refractivity contribution >= 4 is 17.7 Å². The first kappa shape index (κ1) is 29.0. The fourth-order valence-corrected chi connectivity index (χ4v) is 5.20. The Hall–Kier alpha value is -4.57. The molecule has 3 rings (SSSR count). The van der Waals surface area contributed by atoms with Crippen molar-refractivity contribution in [3.05, 3.63) is 57.6 Å². The summed E-state index contributed by atoms with van der Waals surface area (Å²) in [6, 6.07) is 8.06. The van der Waals surface area contributed by atoms with Gasteiger partial charge < -0.3 is 20.7 Å². The molecule has 2 aromatic rings. The highest BCUT2D eigenvalue weighted by molar-refractivity contribution is 5.84. The van der Waals surface area contributed by atoms with Crippen LogP contribution in [0, 0.1) is 48.9 Å². The normalized spacial score (nSPS) is 16.9. The zero-order valence-electron chi connectivity index (χ0n) is 22.4. The molecule has 0 fully saturated rings. The molecule has 0 saturated heterocycles. The number of hydrogen-bond donors (Lipinski definition) is 4. The Balaban J connectivity index is 1.89. The molecule has 1 aliphatic rings. The maximum absolute atomic E-state index is 12.3. The number of carbonyl (C=O) groups excluding carboxylic acids is 1. The van der Waals surface area contributed by atoms with E-state index in [0.717, 1.165) is 22.4 Å². The highest BCUT2D eigenvalue weighted by Crippen LogP contribution is 2.52. The predicted molar refractivity (Wildman–Crippen MR) is 141 cm³/mol. The van der Waals surface area contributed by atoms with Gasteiger partial charge in [0.2, 0.25) is 11.8 Å². The van der Waals surface area contributed by atoms with Gasteiger partial charge in [0.1, 0.15) is 17.4 Å². The van der Waals surface area contributed by atoms with Crippen LogP contribution in [0.15, 0.2) is 29.7 Å². The summed E-state index contributed by atoms with van der Waals surface area (Å²) in [5.74, 6) is 2.70. The Bertz CT molecular complexity index is 1440. The number of ketones is 1. The number of hydrogen-bond acceptors (Lipinski definition) is 7. The number of Topliss-reactive ketones (excluding diaryl/α,β-unsaturated/α-hetero) is 1. The van der Waals surface area contributed by atoms with E-state index >= 15 is 0 Å². The van der Waals surface area contributed by atoms with Crippen LogP contribution in [0.5, 0.6) is 5.88 Å². The molecule has 10 heteroatoms. The summed E-state index contributed by atoms with van der Waals surface area (Å²) >= 11 is 0. The van der Waals surface area contributed by atoms with Crippen LogP contribution in [0.25, 0.3) is 0 Å². The molecule has 5 N–H and O–H groups in total.